The molecule has 1 amide bonds. The molecule has 58 heavy (non-hydrogen) atoms. The summed E-state index contributed by atoms with van der Waals surface area (Å²) in [6.45, 7) is 3.47. The summed E-state index contributed by atoms with van der Waals surface area (Å²) in [5.74, 6) is 1.01. The fourth-order valence-electron chi connectivity index (χ4n) is 11.0. The van der Waals surface area contributed by atoms with Gasteiger partial charge < -0.3 is 29.7 Å². The van der Waals surface area contributed by atoms with E-state index in [-0.39, 0.29) is 97.9 Å². The molecule has 12 rings (SSSR count). The van der Waals surface area contributed by atoms with E-state index in [0.29, 0.717) is 63.1 Å². The number of hydrogen-bond donors (Lipinski definition) is 2. The average molecular weight is 799 g/mol. The molecule has 6 heterocycles. The number of phenols is 1. The van der Waals surface area contributed by atoms with Crippen LogP contribution in [0.2, 0.25) is 0 Å². The van der Waals surface area contributed by atoms with Gasteiger partial charge in [-0.2, -0.15) is 9.97 Å². The Morgan fingerprint density at radius 3 is 2.52 bits per heavy atom. The van der Waals surface area contributed by atoms with Gasteiger partial charge in [0.15, 0.2) is 5.82 Å². The molecule has 4 aliphatic heterocycles. The van der Waals surface area contributed by atoms with E-state index in [4.69, 9.17) is 20.9 Å². The van der Waals surface area contributed by atoms with Crippen molar-refractivity contribution in [2.24, 2.45) is 28.6 Å². The Hall–Kier alpha value is -4.90. The highest BCUT2D eigenvalue weighted by atomic mass is 19.1. The molecule has 8 fully saturated rings. The first-order valence-corrected chi connectivity index (χ1v) is 20.5. The Morgan fingerprint density at radius 1 is 1.03 bits per heavy atom. The standard InChI is InChI=1S/C44H46F4N6O4/c1-3-30-32(47)5-4-24-12-29(55)15-31(33(24)30)37-36(48)38-34(41(50-37)57-2)39(52-42(51-38)58-22-43(8-9-43)21-53-10-6-26(45)7-11-53)54-19-23-16-44(17-23)18-25(20-54)35(44)40(56)49-28-13-27(46)14-28/h1,4-5,12,15,23,25-28,35,55H,6-11,13-14,16-22H2,2H3,(H,49,56). The van der Waals surface area contributed by atoms with Gasteiger partial charge in [0, 0.05) is 61.0 Å². The summed E-state index contributed by atoms with van der Waals surface area (Å²) < 4.78 is 72.5. The van der Waals surface area contributed by atoms with Crippen LogP contribution in [-0.2, 0) is 4.79 Å². The molecular weight excluding hydrogens is 753 g/mol. The zero-order valence-electron chi connectivity index (χ0n) is 32.4. The largest absolute Gasteiger partial charge is 0.508 e. The van der Waals surface area contributed by atoms with Gasteiger partial charge in [-0.3, -0.25) is 4.79 Å². The van der Waals surface area contributed by atoms with Crippen LogP contribution in [0.15, 0.2) is 24.3 Å². The second-order valence-electron chi connectivity index (χ2n) is 18.0. The molecule has 4 saturated carbocycles. The highest BCUT2D eigenvalue weighted by molar-refractivity contribution is 6.04. The van der Waals surface area contributed by atoms with Gasteiger partial charge in [-0.05, 0) is 98.6 Å². The zero-order chi connectivity index (χ0) is 40.1. The number of carbonyl (C=O) groups is 1. The van der Waals surface area contributed by atoms with Crippen molar-refractivity contribution in [3.8, 4) is 41.2 Å². The smallest absolute Gasteiger partial charge is 0.319 e. The lowest BCUT2D eigenvalue weighted by Crippen LogP contribution is -2.67. The minimum absolute atomic E-state index is 0.0108. The molecule has 0 radical (unpaired) electrons. The van der Waals surface area contributed by atoms with Gasteiger partial charge in [0.2, 0.25) is 11.8 Å². The normalized spacial score (nSPS) is 28.7. The fraction of sp³-hybridized carbons (Fsp3) is 0.545. The van der Waals surface area contributed by atoms with Crippen molar-refractivity contribution in [1.29, 1.82) is 0 Å². The number of aromatic nitrogens is 3. The number of pyridine rings is 1. The molecule has 4 aliphatic carbocycles. The molecule has 14 heteroatoms. The molecular formula is C44H46F4N6O4. The van der Waals surface area contributed by atoms with Crippen LogP contribution < -0.4 is 19.7 Å². The summed E-state index contributed by atoms with van der Waals surface area (Å²) in [4.78, 5) is 32.4. The van der Waals surface area contributed by atoms with E-state index in [1.54, 1.807) is 0 Å². The third-order valence-electron chi connectivity index (χ3n) is 14.0. The number of piperidine rings is 1. The Balaban J connectivity index is 1.06. The van der Waals surface area contributed by atoms with Gasteiger partial charge in [-0.25, -0.2) is 22.5 Å². The van der Waals surface area contributed by atoms with E-state index in [9.17, 15) is 18.7 Å². The molecule has 4 aromatic rings. The molecule has 2 aromatic carbocycles. The zero-order valence-corrected chi connectivity index (χ0v) is 32.4. The van der Waals surface area contributed by atoms with Gasteiger partial charge in [-0.15, -0.1) is 6.42 Å². The van der Waals surface area contributed by atoms with Crippen molar-refractivity contribution in [2.45, 2.75) is 76.2 Å². The van der Waals surface area contributed by atoms with Gasteiger partial charge in [0.05, 0.1) is 19.3 Å². The number of halogens is 4. The molecule has 3 bridgehead atoms. The number of aromatic hydroxyl groups is 1. The van der Waals surface area contributed by atoms with Crippen LogP contribution in [0.25, 0.3) is 32.9 Å². The molecule has 304 valence electrons. The van der Waals surface area contributed by atoms with Crippen LogP contribution in [0.1, 0.15) is 63.4 Å². The van der Waals surface area contributed by atoms with E-state index >= 15 is 8.78 Å². The maximum absolute atomic E-state index is 17.5. The summed E-state index contributed by atoms with van der Waals surface area (Å²) in [6.07, 6.45) is 10.3. The van der Waals surface area contributed by atoms with Crippen LogP contribution in [0.4, 0.5) is 23.4 Å². The first-order valence-electron chi connectivity index (χ1n) is 20.5. The average Bonchev–Trinajstić information content (AvgIpc) is 3.92. The highest BCUT2D eigenvalue weighted by Crippen LogP contribution is 2.66. The SMILES string of the molecule is C#Cc1c(F)ccc2cc(O)cc(-c3nc(OC)c4c(N5CC6CC7(C6)CC(C5)C7C(=O)NC5CC(F)C5)nc(OCC5(CN6CCC(F)CC6)CC5)nc4c3F)c12. The highest BCUT2D eigenvalue weighted by Gasteiger charge is 2.64. The van der Waals surface area contributed by atoms with E-state index in [0.717, 1.165) is 38.6 Å². The lowest BCUT2D eigenvalue weighted by molar-refractivity contribution is -0.171. The Labute approximate surface area is 333 Å². The second-order valence-corrected chi connectivity index (χ2v) is 18.0. The quantitative estimate of drug-likeness (QED) is 0.131. The minimum Gasteiger partial charge on any atom is -0.508 e. The van der Waals surface area contributed by atoms with Crippen molar-refractivity contribution in [1.82, 2.24) is 25.2 Å². The molecule has 2 unspecified atom stereocenters. The molecule has 2 aromatic heterocycles. The predicted molar refractivity (Wildman–Crippen MR) is 209 cm³/mol. The number of nitrogens with zero attached hydrogens (tertiary/aromatic N) is 5. The third-order valence-corrected chi connectivity index (χ3v) is 14.0. The van der Waals surface area contributed by atoms with Gasteiger partial charge in [0.1, 0.15) is 46.3 Å². The topological polar surface area (TPSA) is 113 Å². The predicted octanol–water partition coefficient (Wildman–Crippen LogP) is 6.88. The third kappa shape index (κ3) is 6.26. The minimum atomic E-state index is -0.874. The van der Waals surface area contributed by atoms with Crippen LogP contribution in [0.5, 0.6) is 17.6 Å². The molecule has 4 saturated heterocycles. The van der Waals surface area contributed by atoms with Crippen molar-refractivity contribution in [2.75, 3.05) is 51.3 Å². The van der Waals surface area contributed by atoms with Crippen molar-refractivity contribution in [3.63, 3.8) is 0 Å². The number of likely N-dealkylation sites (tertiary alicyclic amines) is 1. The van der Waals surface area contributed by atoms with Crippen molar-refractivity contribution in [3.05, 3.63) is 41.5 Å². The number of ether oxygens (including phenoxy) is 2. The summed E-state index contributed by atoms with van der Waals surface area (Å²) in [5, 5.41) is 14.7. The summed E-state index contributed by atoms with van der Waals surface area (Å²) >= 11 is 0. The van der Waals surface area contributed by atoms with Gasteiger partial charge >= 0.3 is 6.01 Å². The number of benzene rings is 2. The first-order chi connectivity index (χ1) is 27.9. The van der Waals surface area contributed by atoms with E-state index in [1.807, 2.05) is 0 Å². The number of rotatable bonds is 10. The first kappa shape index (κ1) is 37.4. The van der Waals surface area contributed by atoms with Crippen LogP contribution in [0.3, 0.4) is 0 Å². The molecule has 10 nitrogen and oxygen atoms in total. The molecule has 8 aliphatic rings. The van der Waals surface area contributed by atoms with Crippen molar-refractivity contribution < 1.29 is 36.9 Å². The molecule has 2 atom stereocenters. The van der Waals surface area contributed by atoms with E-state index < -0.39 is 24.0 Å². The van der Waals surface area contributed by atoms with E-state index in [1.165, 1.54) is 31.4 Å². The maximum atomic E-state index is 17.5. The number of amides is 1. The molecule has 2 N–H and O–H groups in total. The Kier molecular flexibility index (Phi) is 8.93. The lowest BCUT2D eigenvalue weighted by Gasteiger charge is -2.66. The monoisotopic (exact) mass is 798 g/mol. The number of carbonyl (C=O) groups excluding carboxylic acids is 1. The summed E-state index contributed by atoms with van der Waals surface area (Å²) in [5.41, 5.74) is -0.651. The number of methoxy groups -OCH3 is 1. The van der Waals surface area contributed by atoms with E-state index in [2.05, 4.69) is 31.0 Å². The summed E-state index contributed by atoms with van der Waals surface area (Å²) in [6, 6.07) is 5.19. The summed E-state index contributed by atoms with van der Waals surface area (Å²) in [7, 11) is 1.41. The van der Waals surface area contributed by atoms with Gasteiger partial charge in [-0.1, -0.05) is 12.0 Å². The number of anilines is 1. The Bertz CT molecular complexity index is 2360. The van der Waals surface area contributed by atoms with Crippen LogP contribution in [-0.4, -0.2) is 95.7 Å². The number of nitrogens with one attached hydrogen (secondary N) is 1. The number of phenolic OH excluding ortho intramolecular Hbond substituents is 1. The lowest BCUT2D eigenvalue weighted by atomic mass is 9.41. The maximum Gasteiger partial charge on any atom is 0.319 e. The number of alkyl halides is 2. The molecule has 1 spiro atoms. The van der Waals surface area contributed by atoms with Gasteiger partial charge in [0.25, 0.3) is 0 Å². The number of hydrogen-bond acceptors (Lipinski definition) is 9. The Morgan fingerprint density at radius 2 is 1.81 bits per heavy atom. The van der Waals surface area contributed by atoms with Crippen LogP contribution >= 0.6 is 0 Å². The fourth-order valence-corrected chi connectivity index (χ4v) is 11.0. The number of fused-ring (bicyclic) bond motifs is 2. The number of terminal acetylenes is 1. The van der Waals surface area contributed by atoms with Crippen LogP contribution in [0, 0.1) is 52.6 Å². The second kappa shape index (κ2) is 13.9. The van der Waals surface area contributed by atoms with Crippen molar-refractivity contribution >= 4 is 33.4 Å².